The fourth-order valence-electron chi connectivity index (χ4n) is 2.40. The van der Waals surface area contributed by atoms with Gasteiger partial charge in [-0.05, 0) is 34.9 Å². The highest BCUT2D eigenvalue weighted by molar-refractivity contribution is 9.10. The number of fused-ring (bicyclic) bond motifs is 1. The van der Waals surface area contributed by atoms with Gasteiger partial charge in [-0.3, -0.25) is 4.79 Å². The number of nitrogens with two attached hydrogens (primary N) is 1. The van der Waals surface area contributed by atoms with Gasteiger partial charge in [0.2, 0.25) is 5.91 Å². The highest BCUT2D eigenvalue weighted by Gasteiger charge is 2.22. The fourth-order valence-corrected chi connectivity index (χ4v) is 3.21. The molecule has 0 saturated heterocycles. The van der Waals surface area contributed by atoms with E-state index in [0.29, 0.717) is 11.4 Å². The number of nitrogens with one attached hydrogen (secondary N) is 1. The van der Waals surface area contributed by atoms with Gasteiger partial charge in [-0.25, -0.2) is 0 Å². The van der Waals surface area contributed by atoms with Crippen molar-refractivity contribution in [1.82, 2.24) is 0 Å². The molecular formula is C15H12BrClN2O. The molecule has 20 heavy (non-hydrogen) atoms. The van der Waals surface area contributed by atoms with E-state index >= 15 is 0 Å². The van der Waals surface area contributed by atoms with Crippen LogP contribution in [0.2, 0.25) is 5.02 Å². The molecule has 102 valence electrons. The molecule has 1 aliphatic rings. The van der Waals surface area contributed by atoms with E-state index in [9.17, 15) is 4.79 Å². The van der Waals surface area contributed by atoms with Crippen LogP contribution in [0.4, 0.5) is 5.69 Å². The maximum Gasteiger partial charge on any atom is 0.228 e. The van der Waals surface area contributed by atoms with Crippen molar-refractivity contribution in [3.8, 4) is 0 Å². The van der Waals surface area contributed by atoms with E-state index in [1.165, 1.54) is 0 Å². The standard InChI is InChI=1S/C15H12BrClN2O/c16-11-4-2-1-3-9(11)15(18)10-5-8-6-14(20)19-13(8)7-12(10)17/h1-5,7,15H,6,18H2,(H,19,20). The Hall–Kier alpha value is -1.36. The van der Waals surface area contributed by atoms with Gasteiger partial charge in [0.1, 0.15) is 0 Å². The molecular weight excluding hydrogens is 340 g/mol. The first-order valence-electron chi connectivity index (χ1n) is 6.18. The average Bonchev–Trinajstić information content (AvgIpc) is 2.76. The Balaban J connectivity index is 2.05. The van der Waals surface area contributed by atoms with Crippen LogP contribution in [0.1, 0.15) is 22.7 Å². The van der Waals surface area contributed by atoms with Gasteiger partial charge >= 0.3 is 0 Å². The molecule has 1 unspecified atom stereocenters. The lowest BCUT2D eigenvalue weighted by Gasteiger charge is -2.17. The molecule has 2 aromatic rings. The lowest BCUT2D eigenvalue weighted by molar-refractivity contribution is -0.115. The average molecular weight is 352 g/mol. The van der Waals surface area contributed by atoms with E-state index in [-0.39, 0.29) is 11.9 Å². The Kier molecular flexibility index (Phi) is 3.54. The summed E-state index contributed by atoms with van der Waals surface area (Å²) in [5, 5.41) is 3.35. The van der Waals surface area contributed by atoms with E-state index < -0.39 is 0 Å². The molecule has 0 radical (unpaired) electrons. The SMILES string of the molecule is NC(c1cc2c(cc1Cl)NC(=O)C2)c1ccccc1Br. The summed E-state index contributed by atoms with van der Waals surface area (Å²) in [6.07, 6.45) is 0.377. The molecule has 1 amide bonds. The first-order valence-corrected chi connectivity index (χ1v) is 7.35. The number of halogens is 2. The summed E-state index contributed by atoms with van der Waals surface area (Å²) in [7, 11) is 0. The van der Waals surface area contributed by atoms with Gasteiger partial charge in [0.25, 0.3) is 0 Å². The number of rotatable bonds is 2. The van der Waals surface area contributed by atoms with Gasteiger partial charge < -0.3 is 11.1 Å². The Morgan fingerprint density at radius 1 is 1.25 bits per heavy atom. The van der Waals surface area contributed by atoms with E-state index in [1.807, 2.05) is 30.3 Å². The second-order valence-corrected chi connectivity index (χ2v) is 6.02. The number of hydrogen-bond donors (Lipinski definition) is 2. The third-order valence-corrected chi connectivity index (χ3v) is 4.47. The van der Waals surface area contributed by atoms with Crippen molar-refractivity contribution in [3.63, 3.8) is 0 Å². The van der Waals surface area contributed by atoms with Crippen LogP contribution in [0.15, 0.2) is 40.9 Å². The third-order valence-electron chi connectivity index (χ3n) is 3.42. The van der Waals surface area contributed by atoms with Crippen molar-refractivity contribution in [2.24, 2.45) is 5.73 Å². The highest BCUT2D eigenvalue weighted by atomic mass is 79.9. The van der Waals surface area contributed by atoms with Crippen molar-refractivity contribution in [1.29, 1.82) is 0 Å². The summed E-state index contributed by atoms with van der Waals surface area (Å²) >= 11 is 9.81. The lowest BCUT2D eigenvalue weighted by Crippen LogP contribution is -2.13. The van der Waals surface area contributed by atoms with Crippen LogP contribution in [0, 0.1) is 0 Å². The van der Waals surface area contributed by atoms with E-state index in [4.69, 9.17) is 17.3 Å². The smallest absolute Gasteiger partial charge is 0.228 e. The molecule has 0 aliphatic carbocycles. The molecule has 2 aromatic carbocycles. The number of hydrogen-bond acceptors (Lipinski definition) is 2. The van der Waals surface area contributed by atoms with E-state index in [0.717, 1.165) is 26.9 Å². The van der Waals surface area contributed by atoms with Crippen LogP contribution < -0.4 is 11.1 Å². The lowest BCUT2D eigenvalue weighted by atomic mass is 9.97. The van der Waals surface area contributed by atoms with Crippen LogP contribution in [-0.2, 0) is 11.2 Å². The zero-order valence-electron chi connectivity index (χ0n) is 10.5. The number of amides is 1. The molecule has 0 spiro atoms. The van der Waals surface area contributed by atoms with Crippen molar-refractivity contribution in [2.75, 3.05) is 5.32 Å². The normalized spacial score (nSPS) is 14.8. The molecule has 0 bridgehead atoms. The summed E-state index contributed by atoms with van der Waals surface area (Å²) in [5.41, 5.74) is 9.84. The minimum Gasteiger partial charge on any atom is -0.325 e. The third kappa shape index (κ3) is 2.35. The predicted octanol–water partition coefficient (Wildman–Crippen LogP) is 3.65. The molecule has 1 aliphatic heterocycles. The van der Waals surface area contributed by atoms with Crippen LogP contribution in [0.3, 0.4) is 0 Å². The van der Waals surface area contributed by atoms with Gasteiger partial charge in [-0.15, -0.1) is 0 Å². The summed E-state index contributed by atoms with van der Waals surface area (Å²) in [6, 6.07) is 11.1. The van der Waals surface area contributed by atoms with Gasteiger partial charge in [-0.2, -0.15) is 0 Å². The van der Waals surface area contributed by atoms with Crippen molar-refractivity contribution in [2.45, 2.75) is 12.5 Å². The van der Waals surface area contributed by atoms with Crippen molar-refractivity contribution < 1.29 is 4.79 Å². The Morgan fingerprint density at radius 3 is 2.75 bits per heavy atom. The highest BCUT2D eigenvalue weighted by Crippen LogP contribution is 2.35. The zero-order valence-corrected chi connectivity index (χ0v) is 12.8. The Labute approximate surface area is 130 Å². The first-order chi connectivity index (χ1) is 9.56. The summed E-state index contributed by atoms with van der Waals surface area (Å²) in [6.45, 7) is 0. The monoisotopic (exact) mass is 350 g/mol. The van der Waals surface area contributed by atoms with Crippen molar-refractivity contribution >= 4 is 39.1 Å². The number of carbonyl (C=O) groups is 1. The molecule has 1 atom stereocenters. The van der Waals surface area contributed by atoms with Gasteiger partial charge in [0.05, 0.1) is 12.5 Å². The molecule has 0 saturated carbocycles. The number of benzene rings is 2. The second kappa shape index (κ2) is 5.20. The van der Waals surface area contributed by atoms with E-state index in [2.05, 4.69) is 21.2 Å². The predicted molar refractivity (Wildman–Crippen MR) is 84.0 cm³/mol. The number of carbonyl (C=O) groups excluding carboxylic acids is 1. The molecule has 0 aromatic heterocycles. The van der Waals surface area contributed by atoms with Gasteiger partial charge in [-0.1, -0.05) is 45.7 Å². The van der Waals surface area contributed by atoms with Crippen LogP contribution in [0.5, 0.6) is 0 Å². The molecule has 3 N–H and O–H groups in total. The first kappa shape index (κ1) is 13.6. The maximum absolute atomic E-state index is 11.4. The number of anilines is 1. The minimum atomic E-state index is -0.334. The van der Waals surface area contributed by atoms with Crippen LogP contribution in [-0.4, -0.2) is 5.91 Å². The summed E-state index contributed by atoms with van der Waals surface area (Å²) in [4.78, 5) is 11.4. The topological polar surface area (TPSA) is 55.1 Å². The van der Waals surface area contributed by atoms with Gasteiger partial charge in [0.15, 0.2) is 0 Å². The molecule has 5 heteroatoms. The van der Waals surface area contributed by atoms with Crippen LogP contribution >= 0.6 is 27.5 Å². The largest absolute Gasteiger partial charge is 0.325 e. The minimum absolute atomic E-state index is 0.0114. The fraction of sp³-hybridized carbons (Fsp3) is 0.133. The zero-order chi connectivity index (χ0) is 14.3. The Bertz CT molecular complexity index is 702. The van der Waals surface area contributed by atoms with Crippen LogP contribution in [0.25, 0.3) is 0 Å². The van der Waals surface area contributed by atoms with Gasteiger partial charge in [0, 0.05) is 15.2 Å². The van der Waals surface area contributed by atoms with Crippen molar-refractivity contribution in [3.05, 3.63) is 62.6 Å². The Morgan fingerprint density at radius 2 is 2.00 bits per heavy atom. The second-order valence-electron chi connectivity index (χ2n) is 4.76. The maximum atomic E-state index is 11.4. The summed E-state index contributed by atoms with van der Waals surface area (Å²) < 4.78 is 0.943. The molecule has 0 fully saturated rings. The molecule has 3 nitrogen and oxygen atoms in total. The molecule has 1 heterocycles. The summed E-state index contributed by atoms with van der Waals surface area (Å²) in [5.74, 6) is -0.0114. The quantitative estimate of drug-likeness (QED) is 0.868. The molecule has 3 rings (SSSR count). The van der Waals surface area contributed by atoms with E-state index in [1.54, 1.807) is 6.07 Å².